The van der Waals surface area contributed by atoms with Crippen LogP contribution in [0, 0.1) is 0 Å². The van der Waals surface area contributed by atoms with Crippen LogP contribution in [0.5, 0.6) is 11.5 Å². The van der Waals surface area contributed by atoms with Gasteiger partial charge in [0.25, 0.3) is 0 Å². The first-order chi connectivity index (χ1) is 13.2. The number of benzene rings is 2. The van der Waals surface area contributed by atoms with E-state index in [1.165, 1.54) is 24.3 Å². The summed E-state index contributed by atoms with van der Waals surface area (Å²) in [6.07, 6.45) is 0. The number of primary sulfonamides is 1. The Morgan fingerprint density at radius 2 is 1.79 bits per heavy atom. The molecule has 152 valence electrons. The molecule has 0 bridgehead atoms. The summed E-state index contributed by atoms with van der Waals surface area (Å²) in [6, 6.07) is 10.8. The second-order valence-corrected chi connectivity index (χ2v) is 7.89. The molecule has 0 spiro atoms. The highest BCUT2D eigenvalue weighted by Gasteiger charge is 2.20. The fourth-order valence-electron chi connectivity index (χ4n) is 2.56. The highest BCUT2D eigenvalue weighted by atomic mass is 32.2. The maximum Gasteiger partial charge on any atom is 0.241 e. The summed E-state index contributed by atoms with van der Waals surface area (Å²) in [5, 5.41) is 7.84. The quantitative estimate of drug-likeness (QED) is 0.690. The molecule has 0 radical (unpaired) electrons. The van der Waals surface area contributed by atoms with Gasteiger partial charge in [0.2, 0.25) is 15.9 Å². The largest absolute Gasteiger partial charge is 0.497 e. The number of hydrogen-bond donors (Lipinski definition) is 2. The van der Waals surface area contributed by atoms with E-state index >= 15 is 0 Å². The van der Waals surface area contributed by atoms with Crippen LogP contribution in [-0.4, -0.2) is 46.5 Å². The van der Waals surface area contributed by atoms with Gasteiger partial charge in [-0.05, 0) is 44.3 Å². The zero-order valence-electron chi connectivity index (χ0n) is 16.3. The number of sulfonamides is 1. The third-order valence-corrected chi connectivity index (χ3v) is 5.33. The van der Waals surface area contributed by atoms with Crippen LogP contribution in [0.25, 0.3) is 0 Å². The Labute approximate surface area is 165 Å². The van der Waals surface area contributed by atoms with Gasteiger partial charge >= 0.3 is 0 Å². The normalized spacial score (nSPS) is 12.5. The number of nitrogens with one attached hydrogen (secondary N) is 1. The molecule has 0 aliphatic heterocycles. The number of anilines is 1. The predicted octanol–water partition coefficient (Wildman–Crippen LogP) is 1.81. The third-order valence-electron chi connectivity index (χ3n) is 4.40. The number of hydrogen-bond acceptors (Lipinski definition) is 6. The Morgan fingerprint density at radius 1 is 1.14 bits per heavy atom. The van der Waals surface area contributed by atoms with E-state index in [0.717, 1.165) is 5.56 Å². The van der Waals surface area contributed by atoms with Gasteiger partial charge in [-0.15, -0.1) is 0 Å². The summed E-state index contributed by atoms with van der Waals surface area (Å²) >= 11 is 0. The minimum atomic E-state index is -3.77. The molecule has 0 heterocycles. The van der Waals surface area contributed by atoms with Crippen molar-refractivity contribution in [3.63, 3.8) is 0 Å². The maximum atomic E-state index is 12.5. The molecule has 0 fully saturated rings. The molecule has 0 aliphatic rings. The van der Waals surface area contributed by atoms with E-state index in [2.05, 4.69) is 5.32 Å². The van der Waals surface area contributed by atoms with Gasteiger partial charge in [0.15, 0.2) is 0 Å². The van der Waals surface area contributed by atoms with Crippen LogP contribution in [0.1, 0.15) is 12.5 Å². The van der Waals surface area contributed by atoms with E-state index in [-0.39, 0.29) is 10.8 Å². The van der Waals surface area contributed by atoms with Crippen LogP contribution in [0.3, 0.4) is 0 Å². The van der Waals surface area contributed by atoms with Gasteiger partial charge < -0.3 is 14.8 Å². The van der Waals surface area contributed by atoms with Crippen molar-refractivity contribution in [2.24, 2.45) is 5.14 Å². The molecule has 0 aliphatic carbocycles. The lowest BCUT2D eigenvalue weighted by Crippen LogP contribution is -2.39. The minimum Gasteiger partial charge on any atom is -0.497 e. The predicted molar refractivity (Wildman–Crippen MR) is 107 cm³/mol. The fourth-order valence-corrected chi connectivity index (χ4v) is 3.08. The highest BCUT2D eigenvalue weighted by Crippen LogP contribution is 2.26. The Kier molecular flexibility index (Phi) is 7.00. The van der Waals surface area contributed by atoms with Crippen molar-refractivity contribution < 1.29 is 22.7 Å². The minimum absolute atomic E-state index is 0.0118. The molecule has 8 nitrogen and oxygen atoms in total. The topological polar surface area (TPSA) is 111 Å². The lowest BCUT2D eigenvalue weighted by atomic mass is 10.1. The molecule has 28 heavy (non-hydrogen) atoms. The van der Waals surface area contributed by atoms with E-state index in [1.54, 1.807) is 27.2 Å². The molecular formula is C19H25N3O5S. The van der Waals surface area contributed by atoms with E-state index in [9.17, 15) is 13.2 Å². The van der Waals surface area contributed by atoms with E-state index in [4.69, 9.17) is 14.6 Å². The van der Waals surface area contributed by atoms with Crippen LogP contribution in [0.4, 0.5) is 5.69 Å². The Hall–Kier alpha value is -2.62. The molecule has 2 rings (SSSR count). The number of nitrogens with zero attached hydrogens (tertiary/aromatic N) is 1. The molecule has 1 amide bonds. The Bertz CT molecular complexity index is 929. The molecule has 0 saturated carbocycles. The summed E-state index contributed by atoms with van der Waals surface area (Å²) in [4.78, 5) is 14.4. The lowest BCUT2D eigenvalue weighted by molar-refractivity contribution is -0.120. The zero-order chi connectivity index (χ0) is 20.9. The summed E-state index contributed by atoms with van der Waals surface area (Å²) in [5.74, 6) is 1.15. The van der Waals surface area contributed by atoms with Crippen molar-refractivity contribution in [1.29, 1.82) is 0 Å². The van der Waals surface area contributed by atoms with Crippen molar-refractivity contribution in [3.05, 3.63) is 48.0 Å². The van der Waals surface area contributed by atoms with Gasteiger partial charge in [-0.1, -0.05) is 6.07 Å². The monoisotopic (exact) mass is 407 g/mol. The number of methoxy groups -OCH3 is 2. The van der Waals surface area contributed by atoms with Gasteiger partial charge in [-0.25, -0.2) is 13.6 Å². The lowest BCUT2D eigenvalue weighted by Gasteiger charge is -2.25. The van der Waals surface area contributed by atoms with Crippen molar-refractivity contribution in [1.82, 2.24) is 4.90 Å². The SMILES string of the molecule is COc1ccc(CN(C)[C@@H](C)C(=O)Nc2ccc(S(N)(=O)=O)cc2)c(OC)c1. The molecule has 3 N–H and O–H groups in total. The average Bonchev–Trinajstić information content (AvgIpc) is 2.67. The first-order valence-corrected chi connectivity index (χ1v) is 10.0. The fraction of sp³-hybridized carbons (Fsp3) is 0.316. The van der Waals surface area contributed by atoms with Crippen LogP contribution in [0.15, 0.2) is 47.4 Å². The number of ether oxygens (including phenoxy) is 2. The number of nitrogens with two attached hydrogens (primary N) is 1. The van der Waals surface area contributed by atoms with Crippen molar-refractivity contribution >= 4 is 21.6 Å². The van der Waals surface area contributed by atoms with Crippen LogP contribution < -0.4 is 19.9 Å². The van der Waals surface area contributed by atoms with Crippen molar-refractivity contribution in [2.45, 2.75) is 24.4 Å². The molecular weight excluding hydrogens is 382 g/mol. The number of amides is 1. The van der Waals surface area contributed by atoms with Gasteiger partial charge in [0, 0.05) is 23.9 Å². The number of carbonyl (C=O) groups excluding carboxylic acids is 1. The maximum absolute atomic E-state index is 12.5. The van der Waals surface area contributed by atoms with Crippen LogP contribution in [0.2, 0.25) is 0 Å². The molecule has 0 unspecified atom stereocenters. The van der Waals surface area contributed by atoms with Crippen molar-refractivity contribution in [3.8, 4) is 11.5 Å². The molecule has 2 aromatic carbocycles. The van der Waals surface area contributed by atoms with E-state index in [1.807, 2.05) is 24.1 Å². The highest BCUT2D eigenvalue weighted by molar-refractivity contribution is 7.89. The first-order valence-electron chi connectivity index (χ1n) is 8.50. The number of rotatable bonds is 8. The summed E-state index contributed by atoms with van der Waals surface area (Å²) in [7, 11) is 1.23. The van der Waals surface area contributed by atoms with E-state index in [0.29, 0.717) is 23.7 Å². The number of likely N-dealkylation sites (N-methyl/N-ethyl adjacent to an activating group) is 1. The first kappa shape index (κ1) is 21.7. The Balaban J connectivity index is 2.04. The van der Waals surface area contributed by atoms with Crippen LogP contribution >= 0.6 is 0 Å². The van der Waals surface area contributed by atoms with Gasteiger partial charge in [-0.2, -0.15) is 0 Å². The van der Waals surface area contributed by atoms with E-state index < -0.39 is 16.1 Å². The van der Waals surface area contributed by atoms with Gasteiger partial charge in [-0.3, -0.25) is 9.69 Å². The summed E-state index contributed by atoms with van der Waals surface area (Å²) < 4.78 is 33.2. The average molecular weight is 407 g/mol. The van der Waals surface area contributed by atoms with Gasteiger partial charge in [0.05, 0.1) is 25.2 Å². The molecule has 0 saturated heterocycles. The zero-order valence-corrected chi connectivity index (χ0v) is 17.1. The summed E-state index contributed by atoms with van der Waals surface area (Å²) in [6.45, 7) is 2.27. The second-order valence-electron chi connectivity index (χ2n) is 6.33. The van der Waals surface area contributed by atoms with Gasteiger partial charge in [0.1, 0.15) is 11.5 Å². The molecule has 0 aromatic heterocycles. The standard InChI is InChI=1S/C19H25N3O5S/c1-13(19(23)21-15-6-9-17(10-7-15)28(20,24)25)22(2)12-14-5-8-16(26-3)11-18(14)27-4/h5-11,13H,12H2,1-4H3,(H,21,23)(H2,20,24,25)/t13-/m0/s1. The molecule has 2 aromatic rings. The third kappa shape index (κ3) is 5.44. The smallest absolute Gasteiger partial charge is 0.241 e. The van der Waals surface area contributed by atoms with Crippen LogP contribution in [-0.2, 0) is 21.4 Å². The number of carbonyl (C=O) groups is 1. The summed E-state index contributed by atoms with van der Waals surface area (Å²) in [5.41, 5.74) is 1.41. The molecule has 9 heteroatoms. The second kappa shape index (κ2) is 9.05. The van der Waals surface area contributed by atoms with Crippen molar-refractivity contribution in [2.75, 3.05) is 26.6 Å². The molecule has 1 atom stereocenters. The Morgan fingerprint density at radius 3 is 2.32 bits per heavy atom.